The predicted octanol–water partition coefficient (Wildman–Crippen LogP) is 3.96. The van der Waals surface area contributed by atoms with Crippen molar-refractivity contribution in [2.24, 2.45) is 5.73 Å². The van der Waals surface area contributed by atoms with E-state index in [0.717, 1.165) is 11.1 Å². The molecule has 0 amide bonds. The van der Waals surface area contributed by atoms with E-state index in [2.05, 4.69) is 0 Å². The van der Waals surface area contributed by atoms with Crippen LogP contribution in [-0.4, -0.2) is 6.04 Å². The number of halogens is 2. The van der Waals surface area contributed by atoms with Gasteiger partial charge in [0.25, 0.3) is 0 Å². The van der Waals surface area contributed by atoms with Crippen LogP contribution < -0.4 is 10.5 Å². The molecule has 1 atom stereocenters. The first-order chi connectivity index (χ1) is 9.45. The quantitative estimate of drug-likeness (QED) is 0.918. The summed E-state index contributed by atoms with van der Waals surface area (Å²) in [5, 5.41) is 0. The van der Waals surface area contributed by atoms with Crippen molar-refractivity contribution in [1.82, 2.24) is 0 Å². The minimum Gasteiger partial charge on any atom is -0.454 e. The van der Waals surface area contributed by atoms with Crippen molar-refractivity contribution in [3.63, 3.8) is 0 Å². The fourth-order valence-corrected chi connectivity index (χ4v) is 1.93. The van der Waals surface area contributed by atoms with E-state index in [0.29, 0.717) is 12.2 Å². The van der Waals surface area contributed by atoms with E-state index >= 15 is 0 Å². The van der Waals surface area contributed by atoms with Crippen LogP contribution in [0.3, 0.4) is 0 Å². The van der Waals surface area contributed by atoms with Crippen LogP contribution in [-0.2, 0) is 6.42 Å². The lowest BCUT2D eigenvalue weighted by Crippen LogP contribution is -2.17. The Balaban J connectivity index is 2.23. The topological polar surface area (TPSA) is 35.2 Å². The summed E-state index contributed by atoms with van der Waals surface area (Å²) >= 11 is 0. The largest absolute Gasteiger partial charge is 0.454 e. The molecule has 2 aromatic rings. The molecule has 0 saturated carbocycles. The summed E-state index contributed by atoms with van der Waals surface area (Å²) in [7, 11) is 0. The summed E-state index contributed by atoms with van der Waals surface area (Å²) in [5.41, 5.74) is 7.22. The van der Waals surface area contributed by atoms with Gasteiger partial charge in [-0.15, -0.1) is 0 Å². The molecule has 0 aromatic heterocycles. The lowest BCUT2D eigenvalue weighted by molar-refractivity contribution is 0.435. The van der Waals surface area contributed by atoms with Crippen molar-refractivity contribution in [2.45, 2.75) is 26.3 Å². The van der Waals surface area contributed by atoms with Crippen molar-refractivity contribution in [1.29, 1.82) is 0 Å². The number of hydrogen-bond donors (Lipinski definition) is 1. The van der Waals surface area contributed by atoms with Crippen LogP contribution in [0.4, 0.5) is 8.78 Å². The van der Waals surface area contributed by atoms with E-state index in [4.69, 9.17) is 10.5 Å². The van der Waals surface area contributed by atoms with Crippen LogP contribution in [0, 0.1) is 18.6 Å². The third kappa shape index (κ3) is 3.54. The second kappa shape index (κ2) is 6.01. The Labute approximate surface area is 117 Å². The van der Waals surface area contributed by atoms with Crippen LogP contribution in [0.2, 0.25) is 0 Å². The molecule has 0 aliphatic heterocycles. The first kappa shape index (κ1) is 14.5. The smallest absolute Gasteiger partial charge is 0.165 e. The van der Waals surface area contributed by atoms with Gasteiger partial charge in [0.1, 0.15) is 11.6 Å². The number of ether oxygens (including phenoxy) is 1. The van der Waals surface area contributed by atoms with Gasteiger partial charge in [-0.1, -0.05) is 12.1 Å². The van der Waals surface area contributed by atoms with Gasteiger partial charge >= 0.3 is 0 Å². The Bertz CT molecular complexity index is 611. The number of nitrogens with two attached hydrogens (primary N) is 1. The fourth-order valence-electron chi connectivity index (χ4n) is 1.93. The SMILES string of the molecule is Cc1ccc(F)cc1Oc1ccc(CC(C)N)cc1F. The van der Waals surface area contributed by atoms with Gasteiger partial charge in [0, 0.05) is 12.1 Å². The Morgan fingerprint density at radius 3 is 2.50 bits per heavy atom. The van der Waals surface area contributed by atoms with E-state index in [1.165, 1.54) is 24.3 Å². The van der Waals surface area contributed by atoms with Gasteiger partial charge in [0.2, 0.25) is 0 Å². The Hall–Kier alpha value is -1.94. The molecule has 0 radical (unpaired) electrons. The van der Waals surface area contributed by atoms with Gasteiger partial charge < -0.3 is 10.5 Å². The Kier molecular flexibility index (Phi) is 4.35. The summed E-state index contributed by atoms with van der Waals surface area (Å²) in [6.45, 7) is 3.63. The fraction of sp³-hybridized carbons (Fsp3) is 0.250. The third-order valence-corrected chi connectivity index (χ3v) is 2.92. The number of benzene rings is 2. The minimum absolute atomic E-state index is 0.0355. The summed E-state index contributed by atoms with van der Waals surface area (Å²) in [4.78, 5) is 0. The van der Waals surface area contributed by atoms with E-state index in [1.54, 1.807) is 19.1 Å². The average Bonchev–Trinajstić information content (AvgIpc) is 2.36. The highest BCUT2D eigenvalue weighted by atomic mass is 19.1. The second-order valence-electron chi connectivity index (χ2n) is 4.96. The molecule has 0 bridgehead atoms. The molecular weight excluding hydrogens is 260 g/mol. The monoisotopic (exact) mass is 277 g/mol. The van der Waals surface area contributed by atoms with Gasteiger partial charge in [-0.3, -0.25) is 0 Å². The number of hydrogen-bond acceptors (Lipinski definition) is 2. The normalized spacial score (nSPS) is 12.2. The van der Waals surface area contributed by atoms with Crippen molar-refractivity contribution >= 4 is 0 Å². The standard InChI is InChI=1S/C16H17F2NO/c1-10-3-5-13(17)9-16(10)20-15-6-4-12(7-11(2)19)8-14(15)18/h3-6,8-9,11H,7,19H2,1-2H3. The maximum Gasteiger partial charge on any atom is 0.165 e. The van der Waals surface area contributed by atoms with Crippen molar-refractivity contribution in [2.75, 3.05) is 0 Å². The number of aryl methyl sites for hydroxylation is 1. The zero-order chi connectivity index (χ0) is 14.7. The molecule has 2 nitrogen and oxygen atoms in total. The molecule has 0 fully saturated rings. The molecule has 20 heavy (non-hydrogen) atoms. The van der Waals surface area contributed by atoms with E-state index in [1.807, 2.05) is 6.92 Å². The summed E-state index contributed by atoms with van der Waals surface area (Å²) in [6.07, 6.45) is 0.593. The molecule has 106 valence electrons. The van der Waals surface area contributed by atoms with E-state index < -0.39 is 11.6 Å². The first-order valence-electron chi connectivity index (χ1n) is 6.43. The molecule has 4 heteroatoms. The third-order valence-electron chi connectivity index (χ3n) is 2.92. The minimum atomic E-state index is -0.480. The summed E-state index contributed by atoms with van der Waals surface area (Å²) in [6, 6.07) is 8.83. The van der Waals surface area contributed by atoms with Gasteiger partial charge in [-0.25, -0.2) is 8.78 Å². The molecule has 2 aromatic carbocycles. The van der Waals surface area contributed by atoms with E-state index in [9.17, 15) is 8.78 Å². The van der Waals surface area contributed by atoms with Crippen LogP contribution in [0.15, 0.2) is 36.4 Å². The molecule has 0 heterocycles. The molecule has 0 aliphatic rings. The maximum absolute atomic E-state index is 14.0. The molecule has 0 aliphatic carbocycles. The summed E-state index contributed by atoms with van der Waals surface area (Å²) in [5.74, 6) is -0.512. The van der Waals surface area contributed by atoms with Crippen molar-refractivity contribution < 1.29 is 13.5 Å². The lowest BCUT2D eigenvalue weighted by Gasteiger charge is -2.11. The van der Waals surface area contributed by atoms with Gasteiger partial charge in [-0.05, 0) is 49.6 Å². The summed E-state index contributed by atoms with van der Waals surface area (Å²) < 4.78 is 32.6. The Morgan fingerprint density at radius 2 is 1.85 bits per heavy atom. The number of rotatable bonds is 4. The van der Waals surface area contributed by atoms with Crippen molar-refractivity contribution in [3.8, 4) is 11.5 Å². The molecular formula is C16H17F2NO. The highest BCUT2D eigenvalue weighted by Crippen LogP contribution is 2.28. The highest BCUT2D eigenvalue weighted by Gasteiger charge is 2.09. The predicted molar refractivity (Wildman–Crippen MR) is 75.0 cm³/mol. The van der Waals surface area contributed by atoms with Crippen LogP contribution >= 0.6 is 0 Å². The van der Waals surface area contributed by atoms with Gasteiger partial charge in [-0.2, -0.15) is 0 Å². The molecule has 2 rings (SSSR count). The zero-order valence-electron chi connectivity index (χ0n) is 11.5. The average molecular weight is 277 g/mol. The van der Waals surface area contributed by atoms with Crippen LogP contribution in [0.1, 0.15) is 18.1 Å². The van der Waals surface area contributed by atoms with Crippen LogP contribution in [0.5, 0.6) is 11.5 Å². The first-order valence-corrected chi connectivity index (χ1v) is 6.43. The second-order valence-corrected chi connectivity index (χ2v) is 4.96. The highest BCUT2D eigenvalue weighted by molar-refractivity contribution is 5.39. The molecule has 0 saturated heterocycles. The van der Waals surface area contributed by atoms with Gasteiger partial charge in [0.15, 0.2) is 11.6 Å². The van der Waals surface area contributed by atoms with Gasteiger partial charge in [0.05, 0.1) is 0 Å². The zero-order valence-corrected chi connectivity index (χ0v) is 11.5. The molecule has 2 N–H and O–H groups in total. The van der Waals surface area contributed by atoms with Crippen molar-refractivity contribution in [3.05, 3.63) is 59.2 Å². The van der Waals surface area contributed by atoms with E-state index in [-0.39, 0.29) is 11.8 Å². The van der Waals surface area contributed by atoms with Crippen LogP contribution in [0.25, 0.3) is 0 Å². The lowest BCUT2D eigenvalue weighted by atomic mass is 10.1. The maximum atomic E-state index is 14.0. The Morgan fingerprint density at radius 1 is 1.10 bits per heavy atom. The molecule has 1 unspecified atom stereocenters. The molecule has 0 spiro atoms.